The maximum absolute atomic E-state index is 12.7. The molecule has 3 rings (SSSR count). The van der Waals surface area contributed by atoms with Crippen LogP contribution in [0.25, 0.3) is 11.1 Å². The van der Waals surface area contributed by atoms with E-state index >= 15 is 0 Å². The lowest BCUT2D eigenvalue weighted by molar-refractivity contribution is -0.119. The van der Waals surface area contributed by atoms with Crippen molar-refractivity contribution in [1.29, 1.82) is 0 Å². The largest absolute Gasteiger partial charge is 0.513 e. The van der Waals surface area contributed by atoms with E-state index < -0.39 is 12.2 Å². The molecule has 0 fully saturated rings. The maximum atomic E-state index is 12.7. The number of nitrogens with one attached hydrogen (secondary N) is 1. The van der Waals surface area contributed by atoms with E-state index in [1.807, 2.05) is 6.26 Å². The summed E-state index contributed by atoms with van der Waals surface area (Å²) >= 11 is 1.32. The Morgan fingerprint density at radius 2 is 1.97 bits per heavy atom. The van der Waals surface area contributed by atoms with Crippen LogP contribution in [0.3, 0.4) is 0 Å². The molecular weight excluding hydrogens is 422 g/mol. The van der Waals surface area contributed by atoms with Crippen LogP contribution in [-0.2, 0) is 16.0 Å². The van der Waals surface area contributed by atoms with E-state index in [2.05, 4.69) is 10.1 Å². The molecule has 0 aliphatic heterocycles. The van der Waals surface area contributed by atoms with E-state index in [4.69, 9.17) is 9.47 Å². The van der Waals surface area contributed by atoms with E-state index in [1.54, 1.807) is 18.2 Å². The van der Waals surface area contributed by atoms with Crippen molar-refractivity contribution in [3.05, 3.63) is 45.6 Å². The van der Waals surface area contributed by atoms with E-state index in [1.165, 1.54) is 31.9 Å². The van der Waals surface area contributed by atoms with Gasteiger partial charge in [0.1, 0.15) is 0 Å². The highest BCUT2D eigenvalue weighted by Gasteiger charge is 2.29. The number of rotatable bonds is 4. The van der Waals surface area contributed by atoms with Gasteiger partial charge in [-0.05, 0) is 54.0 Å². The number of carbonyl (C=O) groups excluding carboxylic acids is 2. The van der Waals surface area contributed by atoms with Gasteiger partial charge in [0, 0.05) is 12.5 Å². The van der Waals surface area contributed by atoms with Crippen molar-refractivity contribution in [3.8, 4) is 28.4 Å². The van der Waals surface area contributed by atoms with Gasteiger partial charge < -0.3 is 24.6 Å². The lowest BCUT2D eigenvalue weighted by atomic mass is 9.95. The molecule has 0 unspecified atom stereocenters. The molecule has 0 aromatic heterocycles. The molecule has 31 heavy (non-hydrogen) atoms. The number of phenols is 1. The molecule has 1 aliphatic carbocycles. The molecule has 0 bridgehead atoms. The number of aryl methyl sites for hydroxylation is 1. The molecule has 1 amide bonds. The predicted octanol–water partition coefficient (Wildman–Crippen LogP) is 3.42. The zero-order valence-electron chi connectivity index (χ0n) is 17.6. The minimum absolute atomic E-state index is 0.100. The quantitative estimate of drug-likeness (QED) is 0.418. The van der Waals surface area contributed by atoms with Crippen LogP contribution >= 0.6 is 11.8 Å². The summed E-state index contributed by atoms with van der Waals surface area (Å²) in [5.74, 6) is -0.591. The van der Waals surface area contributed by atoms with Crippen molar-refractivity contribution in [1.82, 2.24) is 5.32 Å². The van der Waals surface area contributed by atoms with E-state index in [-0.39, 0.29) is 28.6 Å². The third-order valence-electron chi connectivity index (χ3n) is 5.05. The fourth-order valence-corrected chi connectivity index (χ4v) is 4.20. The van der Waals surface area contributed by atoms with Crippen LogP contribution in [0.2, 0.25) is 0 Å². The molecule has 1 atom stereocenters. The fraction of sp³-hybridized carbons (Fsp3) is 0.318. The molecule has 0 heterocycles. The van der Waals surface area contributed by atoms with Gasteiger partial charge in [0.05, 0.1) is 25.2 Å². The minimum Gasteiger partial charge on any atom is -0.502 e. The Morgan fingerprint density at radius 3 is 2.58 bits per heavy atom. The summed E-state index contributed by atoms with van der Waals surface area (Å²) in [4.78, 5) is 36.7. The highest BCUT2D eigenvalue weighted by atomic mass is 32.2. The van der Waals surface area contributed by atoms with E-state index in [0.717, 1.165) is 12.7 Å². The first-order valence-corrected chi connectivity index (χ1v) is 10.7. The molecule has 164 valence electrons. The van der Waals surface area contributed by atoms with Gasteiger partial charge in [-0.25, -0.2) is 4.79 Å². The highest BCUT2D eigenvalue weighted by molar-refractivity contribution is 7.98. The summed E-state index contributed by atoms with van der Waals surface area (Å²) in [7, 11) is 2.56. The van der Waals surface area contributed by atoms with Crippen LogP contribution in [0.4, 0.5) is 4.79 Å². The highest BCUT2D eigenvalue weighted by Crippen LogP contribution is 2.49. The number of methoxy groups -OCH3 is 2. The van der Waals surface area contributed by atoms with Gasteiger partial charge in [-0.2, -0.15) is 0 Å². The Bertz CT molecular complexity index is 1100. The molecule has 0 saturated heterocycles. The molecule has 0 radical (unpaired) electrons. The molecule has 1 aliphatic rings. The number of ether oxygens (including phenoxy) is 3. The average Bonchev–Trinajstić information content (AvgIpc) is 2.97. The SMILES string of the molecule is COC(=O)Oc1cc2c(c(OC)c1O)-c1ccc(SC)c(=O)cc1[C@@H](NC(C)=O)CC2. The molecule has 2 aromatic carbocycles. The predicted molar refractivity (Wildman–Crippen MR) is 116 cm³/mol. The summed E-state index contributed by atoms with van der Waals surface area (Å²) in [5, 5.41) is 13.6. The van der Waals surface area contributed by atoms with Gasteiger partial charge in [0.25, 0.3) is 0 Å². The molecule has 8 nitrogen and oxygen atoms in total. The van der Waals surface area contributed by atoms with Crippen LogP contribution in [0.15, 0.2) is 34.0 Å². The Labute approximate surface area is 183 Å². The maximum Gasteiger partial charge on any atom is 0.513 e. The monoisotopic (exact) mass is 445 g/mol. The second-order valence-electron chi connectivity index (χ2n) is 6.92. The van der Waals surface area contributed by atoms with Crippen LogP contribution in [-0.4, -0.2) is 37.6 Å². The van der Waals surface area contributed by atoms with E-state index in [9.17, 15) is 19.5 Å². The molecule has 0 saturated carbocycles. The minimum atomic E-state index is -0.977. The summed E-state index contributed by atoms with van der Waals surface area (Å²) in [6.45, 7) is 1.42. The third kappa shape index (κ3) is 4.46. The zero-order chi connectivity index (χ0) is 22.7. The van der Waals surface area contributed by atoms with Crippen molar-refractivity contribution >= 4 is 23.8 Å². The molecule has 2 N–H and O–H groups in total. The first-order chi connectivity index (χ1) is 14.8. The van der Waals surface area contributed by atoms with Gasteiger partial charge in [0.2, 0.25) is 11.7 Å². The van der Waals surface area contributed by atoms with Gasteiger partial charge in [-0.3, -0.25) is 9.59 Å². The summed E-state index contributed by atoms with van der Waals surface area (Å²) in [5.41, 5.74) is 2.40. The van der Waals surface area contributed by atoms with Crippen LogP contribution < -0.4 is 20.2 Å². The van der Waals surface area contributed by atoms with Crippen molar-refractivity contribution in [2.24, 2.45) is 0 Å². The third-order valence-corrected chi connectivity index (χ3v) is 5.83. The molecule has 9 heteroatoms. The van der Waals surface area contributed by atoms with Crippen LogP contribution in [0.5, 0.6) is 17.2 Å². The first-order valence-electron chi connectivity index (χ1n) is 9.49. The number of hydrogen-bond donors (Lipinski definition) is 2. The first kappa shape index (κ1) is 22.5. The van der Waals surface area contributed by atoms with Gasteiger partial charge in [-0.1, -0.05) is 6.07 Å². The van der Waals surface area contributed by atoms with Gasteiger partial charge in [0.15, 0.2) is 16.9 Å². The van der Waals surface area contributed by atoms with Gasteiger partial charge in [-0.15, -0.1) is 11.8 Å². The second kappa shape index (κ2) is 9.30. The summed E-state index contributed by atoms with van der Waals surface area (Å²) < 4.78 is 15.1. The standard InChI is InChI=1S/C22H23NO7S/c1-11(24)23-15-7-5-12-9-17(30-22(27)29-3)20(26)21(28-2)19(12)13-6-8-18(31-4)16(25)10-14(13)15/h6,8-10,15,26H,5,7H2,1-4H3,(H,23,24)/t15-/m0/s1. The summed E-state index contributed by atoms with van der Waals surface area (Å²) in [6, 6.07) is 6.13. The smallest absolute Gasteiger partial charge is 0.502 e. The molecular formula is C22H23NO7S. The molecule has 2 aromatic rings. The van der Waals surface area contributed by atoms with Crippen molar-refractivity contribution in [3.63, 3.8) is 0 Å². The summed E-state index contributed by atoms with van der Waals surface area (Å²) in [6.07, 6.45) is 1.79. The van der Waals surface area contributed by atoms with Crippen LogP contribution in [0, 0.1) is 0 Å². The average molecular weight is 445 g/mol. The Kier molecular flexibility index (Phi) is 6.74. The van der Waals surface area contributed by atoms with Gasteiger partial charge >= 0.3 is 6.16 Å². The Morgan fingerprint density at radius 1 is 1.23 bits per heavy atom. The Balaban J connectivity index is 2.34. The van der Waals surface area contributed by atoms with Crippen molar-refractivity contribution in [2.75, 3.05) is 20.5 Å². The zero-order valence-corrected chi connectivity index (χ0v) is 18.4. The number of hydrogen-bond acceptors (Lipinski definition) is 8. The fourth-order valence-electron chi connectivity index (χ4n) is 3.74. The lowest BCUT2D eigenvalue weighted by Gasteiger charge is -2.18. The topological polar surface area (TPSA) is 111 Å². The number of aromatic hydroxyl groups is 1. The second-order valence-corrected chi connectivity index (χ2v) is 7.77. The number of amides is 1. The number of phenolic OH excluding ortho intramolecular Hbond substituents is 1. The molecule has 0 spiro atoms. The van der Waals surface area contributed by atoms with Crippen molar-refractivity contribution < 1.29 is 28.9 Å². The lowest BCUT2D eigenvalue weighted by Crippen LogP contribution is -2.26. The van der Waals surface area contributed by atoms with E-state index in [0.29, 0.717) is 34.4 Å². The Hall–Kier alpha value is -3.20. The normalized spacial score (nSPS) is 14.5. The van der Waals surface area contributed by atoms with Crippen molar-refractivity contribution in [2.45, 2.75) is 30.7 Å². The number of carbonyl (C=O) groups is 2. The van der Waals surface area contributed by atoms with Crippen LogP contribution in [0.1, 0.15) is 30.5 Å². The number of fused-ring (bicyclic) bond motifs is 3. The number of benzene rings is 1. The number of thioether (sulfide) groups is 1.